The van der Waals surface area contributed by atoms with Gasteiger partial charge in [0.25, 0.3) is 10.0 Å². The molecule has 0 bridgehead atoms. The molecule has 0 fully saturated rings. The van der Waals surface area contributed by atoms with Gasteiger partial charge in [0, 0.05) is 13.1 Å². The zero-order valence-corrected chi connectivity index (χ0v) is 21.7. The fourth-order valence-corrected chi connectivity index (χ4v) is 5.10. The van der Waals surface area contributed by atoms with E-state index in [4.69, 9.17) is 4.74 Å². The van der Waals surface area contributed by atoms with E-state index in [1.54, 1.807) is 44.2 Å². The van der Waals surface area contributed by atoms with Crippen molar-refractivity contribution in [1.82, 2.24) is 10.2 Å². The predicted octanol–water partition coefficient (Wildman–Crippen LogP) is 3.58. The summed E-state index contributed by atoms with van der Waals surface area (Å²) in [4.78, 5) is 27.6. The van der Waals surface area contributed by atoms with E-state index in [0.29, 0.717) is 23.5 Å². The lowest BCUT2D eigenvalue weighted by atomic mass is 10.1. The van der Waals surface area contributed by atoms with Crippen molar-refractivity contribution in [1.29, 1.82) is 0 Å². The number of halogens is 1. The number of benzene rings is 3. The maximum Gasteiger partial charge on any atom is 0.264 e. The van der Waals surface area contributed by atoms with Crippen molar-refractivity contribution in [2.45, 2.75) is 31.3 Å². The van der Waals surface area contributed by atoms with E-state index in [-0.39, 0.29) is 17.3 Å². The summed E-state index contributed by atoms with van der Waals surface area (Å²) in [6, 6.07) is 18.8. The maximum atomic E-state index is 13.7. The molecular weight excluding hydrogens is 497 g/mol. The molecule has 8 nitrogen and oxygen atoms in total. The van der Waals surface area contributed by atoms with Gasteiger partial charge in [0.1, 0.15) is 24.2 Å². The number of carbonyl (C=O) groups is 2. The van der Waals surface area contributed by atoms with Gasteiger partial charge < -0.3 is 15.0 Å². The molecule has 3 rings (SSSR count). The molecule has 0 aliphatic carbocycles. The van der Waals surface area contributed by atoms with E-state index in [1.807, 2.05) is 0 Å². The number of likely N-dealkylation sites (N-methyl/N-ethyl adjacent to an activating group) is 1. The molecule has 0 aliphatic rings. The van der Waals surface area contributed by atoms with Crippen LogP contribution in [0.3, 0.4) is 0 Å². The summed E-state index contributed by atoms with van der Waals surface area (Å²) < 4.78 is 47.0. The normalized spacial score (nSPS) is 11.9. The number of carbonyl (C=O) groups excluding carboxylic acids is 2. The average molecular weight is 528 g/mol. The highest BCUT2D eigenvalue weighted by atomic mass is 32.2. The van der Waals surface area contributed by atoms with Gasteiger partial charge in [0.2, 0.25) is 11.8 Å². The van der Waals surface area contributed by atoms with Crippen LogP contribution in [0.4, 0.5) is 10.1 Å². The molecule has 0 aromatic heterocycles. The molecule has 0 spiro atoms. The second kappa shape index (κ2) is 12.4. The number of ether oxygens (including phenoxy) is 1. The van der Waals surface area contributed by atoms with Crippen molar-refractivity contribution in [2.75, 3.05) is 24.5 Å². The summed E-state index contributed by atoms with van der Waals surface area (Å²) in [5.41, 5.74) is 0.884. The van der Waals surface area contributed by atoms with Crippen LogP contribution < -0.4 is 14.4 Å². The van der Waals surface area contributed by atoms with Crippen LogP contribution in [0.1, 0.15) is 19.4 Å². The zero-order valence-electron chi connectivity index (χ0n) is 20.9. The number of para-hydroxylation sites is 1. The quantitative estimate of drug-likeness (QED) is 0.411. The molecule has 0 saturated carbocycles. The van der Waals surface area contributed by atoms with Gasteiger partial charge in [-0.05, 0) is 67.9 Å². The fourth-order valence-electron chi connectivity index (χ4n) is 3.69. The molecule has 1 atom stereocenters. The van der Waals surface area contributed by atoms with Crippen LogP contribution >= 0.6 is 0 Å². The molecular formula is C27H30FN3O5S. The lowest BCUT2D eigenvalue weighted by Crippen LogP contribution is -2.51. The minimum atomic E-state index is -4.16. The van der Waals surface area contributed by atoms with E-state index >= 15 is 0 Å². The number of rotatable bonds is 11. The lowest BCUT2D eigenvalue weighted by Gasteiger charge is -2.32. The Morgan fingerprint density at radius 1 is 0.973 bits per heavy atom. The molecule has 10 heteroatoms. The number of nitrogens with zero attached hydrogens (tertiary/aromatic N) is 2. The van der Waals surface area contributed by atoms with Crippen LogP contribution in [0, 0.1) is 5.82 Å². The van der Waals surface area contributed by atoms with Crippen molar-refractivity contribution in [3.05, 3.63) is 90.2 Å². The van der Waals surface area contributed by atoms with E-state index < -0.39 is 34.3 Å². The van der Waals surface area contributed by atoms with Crippen LogP contribution in [0.15, 0.2) is 83.8 Å². The summed E-state index contributed by atoms with van der Waals surface area (Å²) in [5.74, 6) is -0.923. The molecule has 2 amide bonds. The number of hydrogen-bond donors (Lipinski definition) is 1. The highest BCUT2D eigenvalue weighted by Gasteiger charge is 2.32. The van der Waals surface area contributed by atoms with Crippen LogP contribution in [0.5, 0.6) is 5.75 Å². The van der Waals surface area contributed by atoms with Crippen molar-refractivity contribution >= 4 is 27.5 Å². The first-order valence-corrected chi connectivity index (χ1v) is 13.1. The van der Waals surface area contributed by atoms with Gasteiger partial charge >= 0.3 is 0 Å². The SMILES string of the molecule is CCNC(=O)C(C)N(Cc1ccc(F)cc1)C(=O)CN(c1ccccc1)S(=O)(=O)c1ccc(OC)cc1. The molecule has 0 radical (unpaired) electrons. The minimum Gasteiger partial charge on any atom is -0.497 e. The number of anilines is 1. The van der Waals surface area contributed by atoms with Crippen LogP contribution in [0.25, 0.3) is 0 Å². The minimum absolute atomic E-state index is 0.0113. The van der Waals surface area contributed by atoms with Crippen molar-refractivity contribution in [2.24, 2.45) is 0 Å². The number of sulfonamides is 1. The van der Waals surface area contributed by atoms with Gasteiger partial charge in [0.05, 0.1) is 17.7 Å². The first-order chi connectivity index (χ1) is 17.7. The number of methoxy groups -OCH3 is 1. The van der Waals surface area contributed by atoms with Crippen molar-refractivity contribution < 1.29 is 27.1 Å². The van der Waals surface area contributed by atoms with E-state index in [2.05, 4.69) is 5.32 Å². The predicted molar refractivity (Wildman–Crippen MR) is 139 cm³/mol. The second-order valence-electron chi connectivity index (χ2n) is 8.24. The molecule has 0 heterocycles. The monoisotopic (exact) mass is 527 g/mol. The Hall–Kier alpha value is -3.92. The first kappa shape index (κ1) is 27.7. The Bertz CT molecular complexity index is 1300. The topological polar surface area (TPSA) is 96.0 Å². The zero-order chi connectivity index (χ0) is 27.0. The van der Waals surface area contributed by atoms with Gasteiger partial charge in [-0.3, -0.25) is 13.9 Å². The highest BCUT2D eigenvalue weighted by Crippen LogP contribution is 2.25. The van der Waals surface area contributed by atoms with Gasteiger partial charge in [-0.25, -0.2) is 12.8 Å². The van der Waals surface area contributed by atoms with Crippen LogP contribution in [-0.2, 0) is 26.2 Å². The summed E-state index contributed by atoms with van der Waals surface area (Å²) in [6.45, 7) is 3.13. The Morgan fingerprint density at radius 3 is 2.16 bits per heavy atom. The smallest absolute Gasteiger partial charge is 0.264 e. The molecule has 0 saturated heterocycles. The molecule has 1 unspecified atom stereocenters. The van der Waals surface area contributed by atoms with Crippen LogP contribution in [-0.4, -0.2) is 51.4 Å². The molecule has 37 heavy (non-hydrogen) atoms. The van der Waals surface area contributed by atoms with Crippen molar-refractivity contribution in [3.8, 4) is 5.75 Å². The average Bonchev–Trinajstić information content (AvgIpc) is 2.91. The molecule has 1 N–H and O–H groups in total. The van der Waals surface area contributed by atoms with Crippen LogP contribution in [0.2, 0.25) is 0 Å². The molecule has 196 valence electrons. The Labute approximate surface area is 216 Å². The molecule has 3 aromatic rings. The summed E-state index contributed by atoms with van der Waals surface area (Å²) in [5, 5.41) is 2.69. The number of amides is 2. The van der Waals surface area contributed by atoms with Crippen molar-refractivity contribution in [3.63, 3.8) is 0 Å². The highest BCUT2D eigenvalue weighted by molar-refractivity contribution is 7.92. The summed E-state index contributed by atoms with van der Waals surface area (Å²) >= 11 is 0. The largest absolute Gasteiger partial charge is 0.497 e. The van der Waals surface area contributed by atoms with Gasteiger partial charge in [0.15, 0.2) is 0 Å². The summed E-state index contributed by atoms with van der Waals surface area (Å²) in [6.07, 6.45) is 0. The number of hydrogen-bond acceptors (Lipinski definition) is 5. The van der Waals surface area contributed by atoms with E-state index in [0.717, 1.165) is 4.31 Å². The van der Waals surface area contributed by atoms with Gasteiger partial charge in [-0.2, -0.15) is 0 Å². The Morgan fingerprint density at radius 2 is 1.59 bits per heavy atom. The Balaban J connectivity index is 1.99. The molecule has 3 aromatic carbocycles. The number of nitrogens with one attached hydrogen (secondary N) is 1. The third-order valence-electron chi connectivity index (χ3n) is 5.75. The van der Waals surface area contributed by atoms with E-state index in [9.17, 15) is 22.4 Å². The third-order valence-corrected chi connectivity index (χ3v) is 7.54. The Kier molecular flexibility index (Phi) is 9.24. The fraction of sp³-hybridized carbons (Fsp3) is 0.259. The molecule has 0 aliphatic heterocycles. The third kappa shape index (κ3) is 6.85. The maximum absolute atomic E-state index is 13.7. The first-order valence-electron chi connectivity index (χ1n) is 11.7. The second-order valence-corrected chi connectivity index (χ2v) is 10.1. The standard InChI is InChI=1S/C27H30FN3O5S/c1-4-29-27(33)20(2)30(18-21-10-12-22(28)13-11-21)26(32)19-31(23-8-6-5-7-9-23)37(34,35)25-16-14-24(36-3)15-17-25/h5-17,20H,4,18-19H2,1-3H3,(H,29,33). The van der Waals surface area contributed by atoms with Gasteiger partial charge in [-0.1, -0.05) is 30.3 Å². The van der Waals surface area contributed by atoms with E-state index in [1.165, 1.54) is 60.5 Å². The lowest BCUT2D eigenvalue weighted by molar-refractivity contribution is -0.139. The summed E-state index contributed by atoms with van der Waals surface area (Å²) in [7, 11) is -2.69. The van der Waals surface area contributed by atoms with Gasteiger partial charge in [-0.15, -0.1) is 0 Å².